The van der Waals surface area contributed by atoms with Gasteiger partial charge in [0.25, 0.3) is 5.91 Å². The maximum Gasteiger partial charge on any atom is 0.253 e. The molecule has 2 aromatic carbocycles. The number of rotatable bonds is 7. The molecule has 0 aliphatic carbocycles. The Morgan fingerprint density at radius 1 is 1.00 bits per heavy atom. The summed E-state index contributed by atoms with van der Waals surface area (Å²) < 4.78 is 0. The fourth-order valence-electron chi connectivity index (χ4n) is 2.74. The van der Waals surface area contributed by atoms with Crippen molar-refractivity contribution in [2.24, 2.45) is 5.73 Å². The van der Waals surface area contributed by atoms with Crippen LogP contribution in [0.2, 0.25) is 0 Å². The quantitative estimate of drug-likeness (QED) is 0.803. The van der Waals surface area contributed by atoms with Crippen LogP contribution in [0.3, 0.4) is 0 Å². The number of benzene rings is 2. The summed E-state index contributed by atoms with van der Waals surface area (Å²) >= 11 is 0. The summed E-state index contributed by atoms with van der Waals surface area (Å²) in [7, 11) is 0. The van der Waals surface area contributed by atoms with Crippen molar-refractivity contribution in [3.05, 3.63) is 71.3 Å². The summed E-state index contributed by atoms with van der Waals surface area (Å²) in [5.74, 6) is -0.226. The Morgan fingerprint density at radius 2 is 1.58 bits per heavy atom. The van der Waals surface area contributed by atoms with Crippen LogP contribution < -0.4 is 11.1 Å². The highest BCUT2D eigenvalue weighted by Gasteiger charge is 2.29. The molecular weight excluding hydrogens is 326 g/mol. The minimum absolute atomic E-state index is 0.0178. The van der Waals surface area contributed by atoms with E-state index in [-0.39, 0.29) is 11.8 Å². The van der Waals surface area contributed by atoms with Crippen LogP contribution in [0.5, 0.6) is 0 Å². The molecule has 2 amide bonds. The molecule has 5 nitrogen and oxygen atoms in total. The second kappa shape index (κ2) is 8.63. The molecule has 1 unspecified atom stereocenters. The third kappa shape index (κ3) is 4.49. The maximum atomic E-state index is 12.5. The van der Waals surface area contributed by atoms with Gasteiger partial charge in [0.05, 0.1) is 0 Å². The van der Waals surface area contributed by atoms with Crippen molar-refractivity contribution in [1.29, 1.82) is 0 Å². The summed E-state index contributed by atoms with van der Waals surface area (Å²) in [5.41, 5.74) is 7.44. The van der Waals surface area contributed by atoms with Crippen LogP contribution in [-0.4, -0.2) is 29.8 Å². The smallest absolute Gasteiger partial charge is 0.253 e. The van der Waals surface area contributed by atoms with Crippen LogP contribution >= 0.6 is 0 Å². The van der Waals surface area contributed by atoms with E-state index >= 15 is 0 Å². The van der Waals surface area contributed by atoms with Gasteiger partial charge in [0.1, 0.15) is 5.54 Å². The second-order valence-electron chi connectivity index (χ2n) is 6.43. The average Bonchev–Trinajstić information content (AvgIpc) is 2.68. The standard InChI is InChI=1S/C21H27N3O2/c1-4-24(5-2)19(25)17-13-11-16(12-14-17)15-23-20(26)21(3,22)18-9-7-6-8-10-18/h6-14H,4-5,15,22H2,1-3H3,(H,23,26). The van der Waals surface area contributed by atoms with Gasteiger partial charge < -0.3 is 16.0 Å². The molecule has 0 aromatic heterocycles. The predicted molar refractivity (Wildman–Crippen MR) is 104 cm³/mol. The number of nitrogens with one attached hydrogen (secondary N) is 1. The molecule has 0 aliphatic rings. The molecule has 0 aliphatic heterocycles. The monoisotopic (exact) mass is 353 g/mol. The highest BCUT2D eigenvalue weighted by molar-refractivity contribution is 5.94. The lowest BCUT2D eigenvalue weighted by Gasteiger charge is -2.24. The maximum absolute atomic E-state index is 12.5. The van der Waals surface area contributed by atoms with Crippen LogP contribution in [0.15, 0.2) is 54.6 Å². The van der Waals surface area contributed by atoms with Crippen LogP contribution in [0, 0.1) is 0 Å². The van der Waals surface area contributed by atoms with Gasteiger partial charge in [-0.05, 0) is 44.0 Å². The summed E-state index contributed by atoms with van der Waals surface area (Å²) in [6, 6.07) is 16.6. The van der Waals surface area contributed by atoms with Crippen LogP contribution in [0.25, 0.3) is 0 Å². The summed E-state index contributed by atoms with van der Waals surface area (Å²) in [6.07, 6.45) is 0. The SMILES string of the molecule is CCN(CC)C(=O)c1ccc(CNC(=O)C(C)(N)c2ccccc2)cc1. The first-order valence-electron chi connectivity index (χ1n) is 8.91. The van der Waals surface area contributed by atoms with Crippen LogP contribution in [0.4, 0.5) is 0 Å². The third-order valence-electron chi connectivity index (χ3n) is 4.55. The summed E-state index contributed by atoms with van der Waals surface area (Å²) in [5, 5.41) is 2.87. The van der Waals surface area contributed by atoms with E-state index in [0.29, 0.717) is 25.2 Å². The first kappa shape index (κ1) is 19.7. The van der Waals surface area contributed by atoms with E-state index < -0.39 is 5.54 Å². The fourth-order valence-corrected chi connectivity index (χ4v) is 2.74. The van der Waals surface area contributed by atoms with E-state index in [4.69, 9.17) is 5.73 Å². The van der Waals surface area contributed by atoms with E-state index in [0.717, 1.165) is 11.1 Å². The van der Waals surface area contributed by atoms with Gasteiger partial charge in [-0.15, -0.1) is 0 Å². The Labute approximate surface area is 155 Å². The van der Waals surface area contributed by atoms with Gasteiger partial charge in [0, 0.05) is 25.2 Å². The number of nitrogens with zero attached hydrogens (tertiary/aromatic N) is 1. The Balaban J connectivity index is 1.99. The molecule has 0 spiro atoms. The zero-order valence-electron chi connectivity index (χ0n) is 15.7. The Morgan fingerprint density at radius 3 is 2.12 bits per heavy atom. The van der Waals surface area contributed by atoms with Crippen molar-refractivity contribution in [2.45, 2.75) is 32.9 Å². The van der Waals surface area contributed by atoms with Gasteiger partial charge in [0.15, 0.2) is 0 Å². The average molecular weight is 353 g/mol. The fraction of sp³-hybridized carbons (Fsp3) is 0.333. The van der Waals surface area contributed by atoms with Crippen molar-refractivity contribution in [3.63, 3.8) is 0 Å². The molecule has 5 heteroatoms. The summed E-state index contributed by atoms with van der Waals surface area (Å²) in [4.78, 5) is 26.6. The Hall–Kier alpha value is -2.66. The molecule has 0 radical (unpaired) electrons. The topological polar surface area (TPSA) is 75.4 Å². The number of carbonyl (C=O) groups is 2. The van der Waals surface area contributed by atoms with Gasteiger partial charge in [-0.1, -0.05) is 42.5 Å². The van der Waals surface area contributed by atoms with Gasteiger partial charge >= 0.3 is 0 Å². The Kier molecular flexibility index (Phi) is 6.52. The first-order chi connectivity index (χ1) is 12.4. The minimum Gasteiger partial charge on any atom is -0.350 e. The van der Waals surface area contributed by atoms with Crippen molar-refractivity contribution >= 4 is 11.8 Å². The van der Waals surface area contributed by atoms with E-state index in [2.05, 4.69) is 5.32 Å². The number of nitrogens with two attached hydrogens (primary N) is 1. The largest absolute Gasteiger partial charge is 0.350 e. The zero-order valence-corrected chi connectivity index (χ0v) is 15.7. The van der Waals surface area contributed by atoms with Crippen molar-refractivity contribution in [3.8, 4) is 0 Å². The summed E-state index contributed by atoms with van der Waals surface area (Å²) in [6.45, 7) is 7.34. The van der Waals surface area contributed by atoms with E-state index in [1.165, 1.54) is 0 Å². The molecule has 1 atom stereocenters. The van der Waals surface area contributed by atoms with E-state index in [1.54, 1.807) is 24.0 Å². The number of hydrogen-bond acceptors (Lipinski definition) is 3. The van der Waals surface area contributed by atoms with Crippen molar-refractivity contribution in [1.82, 2.24) is 10.2 Å². The number of carbonyl (C=O) groups excluding carboxylic acids is 2. The zero-order chi connectivity index (χ0) is 19.2. The van der Waals surface area contributed by atoms with Gasteiger partial charge in [-0.25, -0.2) is 0 Å². The molecule has 0 saturated heterocycles. The van der Waals surface area contributed by atoms with Crippen molar-refractivity contribution in [2.75, 3.05) is 13.1 Å². The molecule has 0 heterocycles. The second-order valence-corrected chi connectivity index (χ2v) is 6.43. The molecule has 0 bridgehead atoms. The molecule has 0 fully saturated rings. The molecule has 3 N–H and O–H groups in total. The highest BCUT2D eigenvalue weighted by Crippen LogP contribution is 2.17. The normalized spacial score (nSPS) is 12.9. The molecule has 138 valence electrons. The van der Waals surface area contributed by atoms with Gasteiger partial charge in [-0.2, -0.15) is 0 Å². The lowest BCUT2D eigenvalue weighted by atomic mass is 9.92. The van der Waals surface area contributed by atoms with Crippen LogP contribution in [-0.2, 0) is 16.9 Å². The van der Waals surface area contributed by atoms with E-state index in [9.17, 15) is 9.59 Å². The number of hydrogen-bond donors (Lipinski definition) is 2. The lowest BCUT2D eigenvalue weighted by Crippen LogP contribution is -2.48. The molecule has 26 heavy (non-hydrogen) atoms. The first-order valence-corrected chi connectivity index (χ1v) is 8.91. The van der Waals surface area contributed by atoms with Crippen LogP contribution in [0.1, 0.15) is 42.3 Å². The third-order valence-corrected chi connectivity index (χ3v) is 4.55. The van der Waals surface area contributed by atoms with Crippen molar-refractivity contribution < 1.29 is 9.59 Å². The van der Waals surface area contributed by atoms with Gasteiger partial charge in [0.2, 0.25) is 5.91 Å². The molecular formula is C21H27N3O2. The lowest BCUT2D eigenvalue weighted by molar-refractivity contribution is -0.126. The molecule has 0 saturated carbocycles. The Bertz CT molecular complexity index is 736. The van der Waals surface area contributed by atoms with Gasteiger partial charge in [-0.3, -0.25) is 9.59 Å². The van der Waals surface area contributed by atoms with E-state index in [1.807, 2.05) is 56.3 Å². The highest BCUT2D eigenvalue weighted by atomic mass is 16.2. The number of amides is 2. The predicted octanol–water partition coefficient (Wildman–Crippen LogP) is 2.66. The minimum atomic E-state index is -1.10. The molecule has 2 rings (SSSR count). The molecule has 2 aromatic rings.